The minimum absolute atomic E-state index is 0.203. The van der Waals surface area contributed by atoms with Crippen molar-refractivity contribution < 1.29 is 4.39 Å². The number of halogens is 1. The number of aryl methyl sites for hydroxylation is 1. The smallest absolute Gasteiger partial charge is 0.205 e. The Bertz CT molecular complexity index is 455. The van der Waals surface area contributed by atoms with Crippen LogP contribution in [0.15, 0.2) is 24.3 Å². The lowest BCUT2D eigenvalue weighted by Crippen LogP contribution is -2.01. The molecule has 78 valence electrons. The van der Waals surface area contributed by atoms with Crippen molar-refractivity contribution in [2.45, 2.75) is 13.5 Å². The summed E-state index contributed by atoms with van der Waals surface area (Å²) < 4.78 is 13.2. The zero-order chi connectivity index (χ0) is 10.7. The Balaban J connectivity index is 2.02. The summed E-state index contributed by atoms with van der Waals surface area (Å²) in [5.74, 6) is -0.203. The zero-order valence-electron chi connectivity index (χ0n) is 8.20. The van der Waals surface area contributed by atoms with Crippen LogP contribution in [0.5, 0.6) is 0 Å². The molecule has 0 unspecified atom stereocenters. The molecule has 0 saturated carbocycles. The molecule has 2 aromatic rings. The summed E-state index contributed by atoms with van der Waals surface area (Å²) in [5.41, 5.74) is 0.630. The minimum Gasteiger partial charge on any atom is -0.356 e. The first-order chi connectivity index (χ1) is 7.25. The highest BCUT2D eigenvalue weighted by molar-refractivity contribution is 7.15. The van der Waals surface area contributed by atoms with Crippen molar-refractivity contribution in [3.63, 3.8) is 0 Å². The lowest BCUT2D eigenvalue weighted by molar-refractivity contribution is 0.613. The van der Waals surface area contributed by atoms with Gasteiger partial charge in [-0.1, -0.05) is 29.5 Å². The second-order valence-corrected chi connectivity index (χ2v) is 4.25. The summed E-state index contributed by atoms with van der Waals surface area (Å²) in [5, 5.41) is 12.4. The summed E-state index contributed by atoms with van der Waals surface area (Å²) in [7, 11) is 0. The van der Waals surface area contributed by atoms with Crippen molar-refractivity contribution >= 4 is 16.5 Å². The SMILES string of the molecule is Cc1nnc(NCc2ccccc2F)s1. The van der Waals surface area contributed by atoms with Gasteiger partial charge in [0.15, 0.2) is 0 Å². The van der Waals surface area contributed by atoms with Crippen LogP contribution in [0.2, 0.25) is 0 Å². The second kappa shape index (κ2) is 4.35. The predicted molar refractivity (Wildman–Crippen MR) is 58.4 cm³/mol. The highest BCUT2D eigenvalue weighted by Gasteiger charge is 2.02. The number of hydrogen-bond acceptors (Lipinski definition) is 4. The van der Waals surface area contributed by atoms with Crippen molar-refractivity contribution in [2.24, 2.45) is 0 Å². The lowest BCUT2D eigenvalue weighted by Gasteiger charge is -2.02. The van der Waals surface area contributed by atoms with Crippen LogP contribution in [0.3, 0.4) is 0 Å². The molecule has 15 heavy (non-hydrogen) atoms. The van der Waals surface area contributed by atoms with E-state index >= 15 is 0 Å². The quantitative estimate of drug-likeness (QED) is 0.869. The largest absolute Gasteiger partial charge is 0.356 e. The van der Waals surface area contributed by atoms with Gasteiger partial charge in [-0.15, -0.1) is 10.2 Å². The Morgan fingerprint density at radius 1 is 1.33 bits per heavy atom. The maximum atomic E-state index is 13.2. The van der Waals surface area contributed by atoms with E-state index in [0.29, 0.717) is 12.1 Å². The number of nitrogens with one attached hydrogen (secondary N) is 1. The number of hydrogen-bond donors (Lipinski definition) is 1. The molecule has 3 nitrogen and oxygen atoms in total. The van der Waals surface area contributed by atoms with Gasteiger partial charge in [-0.25, -0.2) is 4.39 Å². The van der Waals surface area contributed by atoms with Gasteiger partial charge >= 0.3 is 0 Å². The Labute approximate surface area is 91.0 Å². The molecule has 0 aliphatic carbocycles. The Morgan fingerprint density at radius 2 is 2.13 bits per heavy atom. The van der Waals surface area contributed by atoms with Crippen LogP contribution in [-0.2, 0) is 6.54 Å². The molecule has 0 fully saturated rings. The fraction of sp³-hybridized carbons (Fsp3) is 0.200. The van der Waals surface area contributed by atoms with E-state index in [4.69, 9.17) is 0 Å². The molecule has 0 aliphatic rings. The molecule has 0 saturated heterocycles. The van der Waals surface area contributed by atoms with Crippen LogP contribution in [0.25, 0.3) is 0 Å². The summed E-state index contributed by atoms with van der Waals surface area (Å²) in [6.07, 6.45) is 0. The van der Waals surface area contributed by atoms with E-state index in [2.05, 4.69) is 15.5 Å². The van der Waals surface area contributed by atoms with Crippen LogP contribution in [0.1, 0.15) is 10.6 Å². The first-order valence-corrected chi connectivity index (χ1v) is 5.35. The lowest BCUT2D eigenvalue weighted by atomic mass is 10.2. The van der Waals surface area contributed by atoms with E-state index in [-0.39, 0.29) is 5.82 Å². The highest BCUT2D eigenvalue weighted by atomic mass is 32.1. The van der Waals surface area contributed by atoms with Gasteiger partial charge in [0.05, 0.1) is 0 Å². The van der Waals surface area contributed by atoms with E-state index in [1.54, 1.807) is 12.1 Å². The van der Waals surface area contributed by atoms with Crippen LogP contribution >= 0.6 is 11.3 Å². The van der Waals surface area contributed by atoms with E-state index in [0.717, 1.165) is 10.1 Å². The monoisotopic (exact) mass is 223 g/mol. The van der Waals surface area contributed by atoms with Crippen LogP contribution < -0.4 is 5.32 Å². The molecular formula is C10H10FN3S. The number of nitrogens with zero attached hydrogens (tertiary/aromatic N) is 2. The average molecular weight is 223 g/mol. The Hall–Kier alpha value is -1.49. The number of benzene rings is 1. The first-order valence-electron chi connectivity index (χ1n) is 4.53. The topological polar surface area (TPSA) is 37.8 Å². The van der Waals surface area contributed by atoms with Crippen molar-refractivity contribution in [1.29, 1.82) is 0 Å². The van der Waals surface area contributed by atoms with Gasteiger partial charge in [-0.3, -0.25) is 0 Å². The summed E-state index contributed by atoms with van der Waals surface area (Å²) in [6, 6.07) is 6.68. The molecule has 1 N–H and O–H groups in total. The molecule has 5 heteroatoms. The van der Waals surface area contributed by atoms with E-state index in [9.17, 15) is 4.39 Å². The molecule has 1 heterocycles. The number of aromatic nitrogens is 2. The fourth-order valence-corrected chi connectivity index (χ4v) is 1.77. The van der Waals surface area contributed by atoms with Gasteiger partial charge < -0.3 is 5.32 Å². The van der Waals surface area contributed by atoms with Gasteiger partial charge in [0, 0.05) is 12.1 Å². The van der Waals surface area contributed by atoms with Gasteiger partial charge in [-0.05, 0) is 13.0 Å². The second-order valence-electron chi connectivity index (χ2n) is 3.07. The fourth-order valence-electron chi connectivity index (χ4n) is 1.18. The molecule has 0 bridgehead atoms. The van der Waals surface area contributed by atoms with Crippen molar-refractivity contribution in [3.8, 4) is 0 Å². The van der Waals surface area contributed by atoms with E-state index < -0.39 is 0 Å². The number of rotatable bonds is 3. The molecular weight excluding hydrogens is 213 g/mol. The van der Waals surface area contributed by atoms with Crippen molar-refractivity contribution in [2.75, 3.05) is 5.32 Å². The third-order valence-corrected chi connectivity index (χ3v) is 2.71. The third-order valence-electron chi connectivity index (χ3n) is 1.91. The molecule has 1 aromatic carbocycles. The summed E-state index contributed by atoms with van der Waals surface area (Å²) >= 11 is 1.46. The van der Waals surface area contributed by atoms with E-state index in [1.165, 1.54) is 17.4 Å². The highest BCUT2D eigenvalue weighted by Crippen LogP contribution is 2.15. The molecule has 0 spiro atoms. The molecule has 0 atom stereocenters. The predicted octanol–water partition coefficient (Wildman–Crippen LogP) is 2.60. The third kappa shape index (κ3) is 2.50. The Morgan fingerprint density at radius 3 is 2.80 bits per heavy atom. The maximum absolute atomic E-state index is 13.2. The zero-order valence-corrected chi connectivity index (χ0v) is 9.01. The van der Waals surface area contributed by atoms with Crippen LogP contribution in [0.4, 0.5) is 9.52 Å². The van der Waals surface area contributed by atoms with Crippen molar-refractivity contribution in [3.05, 3.63) is 40.7 Å². The van der Waals surface area contributed by atoms with E-state index in [1.807, 2.05) is 13.0 Å². The Kier molecular flexibility index (Phi) is 2.91. The van der Waals surface area contributed by atoms with Crippen molar-refractivity contribution in [1.82, 2.24) is 10.2 Å². The molecule has 1 aromatic heterocycles. The molecule has 2 rings (SSSR count). The van der Waals surface area contributed by atoms with Gasteiger partial charge in [0.1, 0.15) is 10.8 Å². The minimum atomic E-state index is -0.203. The van der Waals surface area contributed by atoms with Gasteiger partial charge in [0.25, 0.3) is 0 Å². The number of anilines is 1. The van der Waals surface area contributed by atoms with Gasteiger partial charge in [0.2, 0.25) is 5.13 Å². The summed E-state index contributed by atoms with van der Waals surface area (Å²) in [4.78, 5) is 0. The van der Waals surface area contributed by atoms with Gasteiger partial charge in [-0.2, -0.15) is 0 Å². The average Bonchev–Trinajstić information content (AvgIpc) is 2.63. The summed E-state index contributed by atoms with van der Waals surface area (Å²) in [6.45, 7) is 2.31. The normalized spacial score (nSPS) is 10.3. The van der Waals surface area contributed by atoms with Crippen LogP contribution in [0, 0.1) is 12.7 Å². The maximum Gasteiger partial charge on any atom is 0.205 e. The van der Waals surface area contributed by atoms with Crippen LogP contribution in [-0.4, -0.2) is 10.2 Å². The molecule has 0 radical (unpaired) electrons. The first kappa shape index (κ1) is 10.0. The molecule has 0 aliphatic heterocycles. The molecule has 0 amide bonds. The standard InChI is InChI=1S/C10H10FN3S/c1-7-13-14-10(15-7)12-6-8-4-2-3-5-9(8)11/h2-5H,6H2,1H3,(H,12,14).